The summed E-state index contributed by atoms with van der Waals surface area (Å²) in [5.74, 6) is -0.127. The first-order valence-electron chi connectivity index (χ1n) is 4.69. The normalized spacial score (nSPS) is 9.79. The molecule has 2 aromatic rings. The highest BCUT2D eigenvalue weighted by Gasteiger charge is 2.08. The second-order valence-corrected chi connectivity index (χ2v) is 3.71. The fraction of sp³-hybridized carbons (Fsp3) is 0.364. The second-order valence-electron chi connectivity index (χ2n) is 2.85. The summed E-state index contributed by atoms with van der Waals surface area (Å²) in [5, 5.41) is 0. The van der Waals surface area contributed by atoms with Gasteiger partial charge in [0.15, 0.2) is 0 Å². The van der Waals surface area contributed by atoms with Crippen molar-refractivity contribution in [3.8, 4) is 0 Å². The number of hydrogen-bond donors (Lipinski definition) is 0. The zero-order valence-corrected chi connectivity index (χ0v) is 9.70. The van der Waals surface area contributed by atoms with E-state index in [-0.39, 0.29) is 5.82 Å². The van der Waals surface area contributed by atoms with Gasteiger partial charge in [-0.2, -0.15) is 0 Å². The predicted octanol–water partition coefficient (Wildman–Crippen LogP) is 4.08. The second kappa shape index (κ2) is 4.51. The highest BCUT2D eigenvalue weighted by atomic mass is 32.1. The minimum Gasteiger partial charge on any atom is -0.244 e. The fourth-order valence-corrected chi connectivity index (χ4v) is 2.17. The van der Waals surface area contributed by atoms with Crippen LogP contribution in [0.2, 0.25) is 0 Å². The number of nitrogens with zero attached hydrogens (tertiary/aromatic N) is 1. The molecule has 0 atom stereocenters. The first-order chi connectivity index (χ1) is 6.70. The van der Waals surface area contributed by atoms with Gasteiger partial charge in [-0.15, -0.1) is 11.3 Å². The number of fused-ring (bicyclic) bond motifs is 1. The number of aromatic nitrogens is 1. The van der Waals surface area contributed by atoms with Gasteiger partial charge in [0.05, 0.1) is 15.7 Å². The zero-order chi connectivity index (χ0) is 10.7. The third-order valence-corrected chi connectivity index (χ3v) is 2.74. The highest BCUT2D eigenvalue weighted by Crippen LogP contribution is 2.26. The zero-order valence-electron chi connectivity index (χ0n) is 8.89. The van der Waals surface area contributed by atoms with Crippen LogP contribution in [0.15, 0.2) is 11.6 Å². The van der Waals surface area contributed by atoms with Crippen molar-refractivity contribution in [1.29, 1.82) is 0 Å². The summed E-state index contributed by atoms with van der Waals surface area (Å²) in [5.41, 5.74) is 4.22. The van der Waals surface area contributed by atoms with E-state index in [0.717, 1.165) is 11.1 Å². The van der Waals surface area contributed by atoms with Crippen LogP contribution in [0.1, 0.15) is 25.0 Å². The van der Waals surface area contributed by atoms with Gasteiger partial charge in [0.25, 0.3) is 0 Å². The van der Waals surface area contributed by atoms with E-state index in [1.807, 2.05) is 26.8 Å². The largest absolute Gasteiger partial charge is 0.244 e. The average Bonchev–Trinajstić information content (AvgIpc) is 2.67. The van der Waals surface area contributed by atoms with E-state index in [1.165, 1.54) is 11.3 Å². The SMILES string of the molecule is CC.Cc1cc(C)c2ncsc2c1F. The van der Waals surface area contributed by atoms with Crippen molar-refractivity contribution in [2.45, 2.75) is 27.7 Å². The van der Waals surface area contributed by atoms with Crippen molar-refractivity contribution in [2.75, 3.05) is 0 Å². The first-order valence-corrected chi connectivity index (χ1v) is 5.57. The molecule has 2 rings (SSSR count). The number of thiazole rings is 1. The molecule has 0 amide bonds. The summed E-state index contributed by atoms with van der Waals surface area (Å²) in [7, 11) is 0. The van der Waals surface area contributed by atoms with Crippen molar-refractivity contribution in [1.82, 2.24) is 4.98 Å². The van der Waals surface area contributed by atoms with Crippen LogP contribution in [-0.2, 0) is 0 Å². The smallest absolute Gasteiger partial charge is 0.145 e. The summed E-state index contributed by atoms with van der Waals surface area (Å²) in [6.45, 7) is 7.73. The molecule has 0 radical (unpaired) electrons. The van der Waals surface area contributed by atoms with Gasteiger partial charge in [-0.1, -0.05) is 19.9 Å². The van der Waals surface area contributed by atoms with Crippen molar-refractivity contribution >= 4 is 21.6 Å². The minimum absolute atomic E-state index is 0.127. The quantitative estimate of drug-likeness (QED) is 0.640. The predicted molar refractivity (Wildman–Crippen MR) is 60.4 cm³/mol. The number of benzene rings is 1. The van der Waals surface area contributed by atoms with E-state index < -0.39 is 0 Å². The molecular weight excluding hydrogens is 197 g/mol. The maximum Gasteiger partial charge on any atom is 0.145 e. The molecule has 0 bridgehead atoms. The van der Waals surface area contributed by atoms with Crippen LogP contribution in [-0.4, -0.2) is 4.98 Å². The molecule has 0 saturated carbocycles. The third kappa shape index (κ3) is 1.77. The van der Waals surface area contributed by atoms with Crippen LogP contribution in [0.5, 0.6) is 0 Å². The Labute approximate surface area is 87.6 Å². The van der Waals surface area contributed by atoms with Crippen LogP contribution >= 0.6 is 11.3 Å². The van der Waals surface area contributed by atoms with Crippen LogP contribution in [0.25, 0.3) is 10.2 Å². The van der Waals surface area contributed by atoms with Crippen molar-refractivity contribution in [2.24, 2.45) is 0 Å². The van der Waals surface area contributed by atoms with Gasteiger partial charge >= 0.3 is 0 Å². The lowest BCUT2D eigenvalue weighted by molar-refractivity contribution is 0.632. The van der Waals surface area contributed by atoms with E-state index in [2.05, 4.69) is 4.98 Å². The number of hydrogen-bond acceptors (Lipinski definition) is 2. The fourth-order valence-electron chi connectivity index (χ4n) is 1.32. The first kappa shape index (κ1) is 11.1. The Kier molecular flexibility index (Phi) is 3.58. The van der Waals surface area contributed by atoms with E-state index in [4.69, 9.17) is 0 Å². The van der Waals surface area contributed by atoms with Crippen LogP contribution < -0.4 is 0 Å². The van der Waals surface area contributed by atoms with E-state index in [1.54, 1.807) is 12.4 Å². The van der Waals surface area contributed by atoms with E-state index >= 15 is 0 Å². The Morgan fingerprint density at radius 2 is 1.86 bits per heavy atom. The molecular formula is C11H14FNS. The summed E-state index contributed by atoms with van der Waals surface area (Å²) in [6, 6.07) is 1.83. The molecule has 1 aromatic heterocycles. The lowest BCUT2D eigenvalue weighted by Crippen LogP contribution is -1.85. The van der Waals surface area contributed by atoms with Crippen molar-refractivity contribution < 1.29 is 4.39 Å². The van der Waals surface area contributed by atoms with Gasteiger partial charge in [0.2, 0.25) is 0 Å². The van der Waals surface area contributed by atoms with Gasteiger partial charge in [-0.25, -0.2) is 9.37 Å². The molecule has 3 heteroatoms. The van der Waals surface area contributed by atoms with Gasteiger partial charge in [0.1, 0.15) is 5.82 Å². The van der Waals surface area contributed by atoms with Crippen molar-refractivity contribution in [3.05, 3.63) is 28.5 Å². The van der Waals surface area contributed by atoms with E-state index in [0.29, 0.717) is 10.3 Å². The Balaban J connectivity index is 0.000000461. The lowest BCUT2D eigenvalue weighted by atomic mass is 10.1. The molecule has 1 aromatic carbocycles. The summed E-state index contributed by atoms with van der Waals surface area (Å²) >= 11 is 1.36. The summed E-state index contributed by atoms with van der Waals surface area (Å²) < 4.78 is 14.1. The van der Waals surface area contributed by atoms with Gasteiger partial charge < -0.3 is 0 Å². The number of halogens is 1. The Morgan fingerprint density at radius 3 is 2.50 bits per heavy atom. The molecule has 0 spiro atoms. The Hall–Kier alpha value is -0.960. The number of rotatable bonds is 0. The molecule has 0 N–H and O–H groups in total. The van der Waals surface area contributed by atoms with Crippen LogP contribution in [0, 0.1) is 19.7 Å². The molecule has 0 aliphatic heterocycles. The Bertz CT molecular complexity index is 434. The molecule has 0 unspecified atom stereocenters. The topological polar surface area (TPSA) is 12.9 Å². The lowest BCUT2D eigenvalue weighted by Gasteiger charge is -1.99. The third-order valence-electron chi connectivity index (χ3n) is 1.92. The number of aryl methyl sites for hydroxylation is 2. The van der Waals surface area contributed by atoms with Gasteiger partial charge in [-0.3, -0.25) is 0 Å². The minimum atomic E-state index is -0.127. The maximum absolute atomic E-state index is 13.4. The summed E-state index contributed by atoms with van der Waals surface area (Å²) in [4.78, 5) is 4.10. The molecule has 0 aliphatic rings. The van der Waals surface area contributed by atoms with Crippen LogP contribution in [0.3, 0.4) is 0 Å². The molecule has 1 heterocycles. The average molecular weight is 211 g/mol. The van der Waals surface area contributed by atoms with Gasteiger partial charge in [0, 0.05) is 0 Å². The molecule has 0 saturated heterocycles. The molecule has 1 nitrogen and oxygen atoms in total. The van der Waals surface area contributed by atoms with E-state index in [9.17, 15) is 4.39 Å². The molecule has 0 aliphatic carbocycles. The maximum atomic E-state index is 13.4. The Morgan fingerprint density at radius 1 is 1.21 bits per heavy atom. The van der Waals surface area contributed by atoms with Crippen LogP contribution in [0.4, 0.5) is 4.39 Å². The molecule has 0 fully saturated rings. The van der Waals surface area contributed by atoms with Gasteiger partial charge in [-0.05, 0) is 25.0 Å². The summed E-state index contributed by atoms with van der Waals surface area (Å²) in [6.07, 6.45) is 0. The molecule has 76 valence electrons. The molecule has 14 heavy (non-hydrogen) atoms. The van der Waals surface area contributed by atoms with Crippen molar-refractivity contribution in [3.63, 3.8) is 0 Å². The monoisotopic (exact) mass is 211 g/mol. The highest BCUT2D eigenvalue weighted by molar-refractivity contribution is 7.16. The standard InChI is InChI=1S/C9H8FNS.C2H6/c1-5-3-6(2)8-9(7(5)10)12-4-11-8;1-2/h3-4H,1-2H3;1-2H3.